The van der Waals surface area contributed by atoms with Gasteiger partial charge in [-0.3, -0.25) is 0 Å². The molecule has 2 aromatic rings. The second-order valence-corrected chi connectivity index (χ2v) is 4.24. The zero-order chi connectivity index (χ0) is 10.7. The van der Waals surface area contributed by atoms with Crippen LogP contribution in [0.1, 0.15) is 11.1 Å². The fourth-order valence-corrected chi connectivity index (χ4v) is 1.99. The summed E-state index contributed by atoms with van der Waals surface area (Å²) < 4.78 is 5.62. The largest absolute Gasteiger partial charge is 0.487 e. The summed E-state index contributed by atoms with van der Waals surface area (Å²) in [5, 5.41) is 4.11. The van der Waals surface area contributed by atoms with Gasteiger partial charge in [0.15, 0.2) is 0 Å². The van der Waals surface area contributed by atoms with Crippen LogP contribution in [0.5, 0.6) is 5.75 Å². The highest BCUT2D eigenvalue weighted by molar-refractivity contribution is 7.07. The van der Waals surface area contributed by atoms with Crippen LogP contribution in [0.25, 0.3) is 0 Å². The van der Waals surface area contributed by atoms with Gasteiger partial charge in [0.1, 0.15) is 12.4 Å². The average molecular weight is 219 g/mol. The summed E-state index contributed by atoms with van der Waals surface area (Å²) in [6.07, 6.45) is 0. The fourth-order valence-electron chi connectivity index (χ4n) is 1.34. The monoisotopic (exact) mass is 219 g/mol. The molecule has 0 bridgehead atoms. The van der Waals surface area contributed by atoms with E-state index in [4.69, 9.17) is 10.5 Å². The highest BCUT2D eigenvalue weighted by atomic mass is 32.1. The Kier molecular flexibility index (Phi) is 2.92. The Bertz CT molecular complexity index is 437. The van der Waals surface area contributed by atoms with Crippen LogP contribution >= 0.6 is 11.3 Å². The van der Waals surface area contributed by atoms with Crippen molar-refractivity contribution in [3.63, 3.8) is 0 Å². The SMILES string of the molecule is Cc1ccc(OCc2ccsc2)c(N)c1. The molecule has 1 heterocycles. The van der Waals surface area contributed by atoms with Crippen LogP contribution in [0, 0.1) is 6.92 Å². The summed E-state index contributed by atoms with van der Waals surface area (Å²) >= 11 is 1.67. The van der Waals surface area contributed by atoms with E-state index in [2.05, 4.69) is 11.4 Å². The first-order valence-corrected chi connectivity index (χ1v) is 5.70. The molecule has 0 amide bonds. The standard InChI is InChI=1S/C12H13NOS/c1-9-2-3-12(11(13)6-9)14-7-10-4-5-15-8-10/h2-6,8H,7,13H2,1H3. The molecule has 0 atom stereocenters. The van der Waals surface area contributed by atoms with Crippen molar-refractivity contribution in [3.8, 4) is 5.75 Å². The van der Waals surface area contributed by atoms with E-state index >= 15 is 0 Å². The molecule has 0 saturated carbocycles. The minimum atomic E-state index is 0.580. The number of hydrogen-bond acceptors (Lipinski definition) is 3. The molecular weight excluding hydrogens is 206 g/mol. The number of hydrogen-bond donors (Lipinski definition) is 1. The molecule has 3 heteroatoms. The lowest BCUT2D eigenvalue weighted by Gasteiger charge is -2.08. The first kappa shape index (κ1) is 10.1. The number of anilines is 1. The zero-order valence-electron chi connectivity index (χ0n) is 8.57. The fraction of sp³-hybridized carbons (Fsp3) is 0.167. The molecule has 15 heavy (non-hydrogen) atoms. The predicted octanol–water partition coefficient (Wildman–Crippen LogP) is 3.22. The van der Waals surface area contributed by atoms with Crippen molar-refractivity contribution in [2.75, 3.05) is 5.73 Å². The normalized spacial score (nSPS) is 10.2. The maximum atomic E-state index is 5.84. The van der Waals surface area contributed by atoms with Crippen molar-refractivity contribution in [1.82, 2.24) is 0 Å². The van der Waals surface area contributed by atoms with E-state index in [0.29, 0.717) is 12.3 Å². The van der Waals surface area contributed by atoms with Gasteiger partial charge in [-0.1, -0.05) is 6.07 Å². The molecule has 2 rings (SSSR count). The van der Waals surface area contributed by atoms with Crippen LogP contribution < -0.4 is 10.5 Å². The Labute approximate surface area is 93.3 Å². The van der Waals surface area contributed by atoms with Gasteiger partial charge in [0.05, 0.1) is 5.69 Å². The van der Waals surface area contributed by atoms with Gasteiger partial charge in [-0.25, -0.2) is 0 Å². The summed E-state index contributed by atoms with van der Waals surface area (Å²) in [6.45, 7) is 2.59. The average Bonchev–Trinajstić information content (AvgIpc) is 2.69. The van der Waals surface area contributed by atoms with Gasteiger partial charge < -0.3 is 10.5 Å². The summed E-state index contributed by atoms with van der Waals surface area (Å²) in [7, 11) is 0. The molecule has 0 fully saturated rings. The van der Waals surface area contributed by atoms with Crippen LogP contribution in [0.2, 0.25) is 0 Å². The second-order valence-electron chi connectivity index (χ2n) is 3.46. The molecule has 0 aliphatic carbocycles. The van der Waals surface area contributed by atoms with E-state index < -0.39 is 0 Å². The summed E-state index contributed by atoms with van der Waals surface area (Å²) in [4.78, 5) is 0. The van der Waals surface area contributed by atoms with Gasteiger partial charge in [0.2, 0.25) is 0 Å². The summed E-state index contributed by atoms with van der Waals surface area (Å²) in [5.41, 5.74) is 8.87. The van der Waals surface area contributed by atoms with Gasteiger partial charge in [-0.05, 0) is 47.0 Å². The lowest BCUT2D eigenvalue weighted by atomic mass is 10.2. The molecule has 0 aliphatic heterocycles. The highest BCUT2D eigenvalue weighted by Crippen LogP contribution is 2.23. The molecule has 0 saturated heterocycles. The van der Waals surface area contributed by atoms with Crippen LogP contribution in [-0.2, 0) is 6.61 Å². The number of ether oxygens (including phenoxy) is 1. The Hall–Kier alpha value is -1.48. The first-order valence-electron chi connectivity index (χ1n) is 4.76. The lowest BCUT2D eigenvalue weighted by Crippen LogP contribution is -1.97. The second kappa shape index (κ2) is 4.36. The van der Waals surface area contributed by atoms with Crippen LogP contribution in [0.4, 0.5) is 5.69 Å². The molecule has 0 aliphatic rings. The van der Waals surface area contributed by atoms with E-state index in [-0.39, 0.29) is 0 Å². The third-order valence-corrected chi connectivity index (χ3v) is 2.87. The maximum absolute atomic E-state index is 5.84. The van der Waals surface area contributed by atoms with Gasteiger partial charge in [0.25, 0.3) is 0 Å². The zero-order valence-corrected chi connectivity index (χ0v) is 9.38. The van der Waals surface area contributed by atoms with Crippen LogP contribution in [0.3, 0.4) is 0 Å². The van der Waals surface area contributed by atoms with Crippen molar-refractivity contribution in [3.05, 3.63) is 46.2 Å². The van der Waals surface area contributed by atoms with Crippen molar-refractivity contribution >= 4 is 17.0 Å². The van der Waals surface area contributed by atoms with Gasteiger partial charge >= 0.3 is 0 Å². The highest BCUT2D eigenvalue weighted by Gasteiger charge is 2.00. The Morgan fingerprint density at radius 2 is 2.20 bits per heavy atom. The molecule has 0 unspecified atom stereocenters. The minimum absolute atomic E-state index is 0.580. The predicted molar refractivity (Wildman–Crippen MR) is 64.2 cm³/mol. The van der Waals surface area contributed by atoms with E-state index in [1.807, 2.05) is 30.5 Å². The van der Waals surface area contributed by atoms with Crippen molar-refractivity contribution in [2.24, 2.45) is 0 Å². The van der Waals surface area contributed by atoms with Gasteiger partial charge in [0, 0.05) is 0 Å². The lowest BCUT2D eigenvalue weighted by molar-refractivity contribution is 0.308. The molecule has 0 radical (unpaired) electrons. The summed E-state index contributed by atoms with van der Waals surface area (Å²) in [5.74, 6) is 0.756. The third kappa shape index (κ3) is 2.50. The van der Waals surface area contributed by atoms with Gasteiger partial charge in [-0.15, -0.1) is 0 Å². The van der Waals surface area contributed by atoms with E-state index in [0.717, 1.165) is 11.3 Å². The molecule has 2 nitrogen and oxygen atoms in total. The topological polar surface area (TPSA) is 35.2 Å². The van der Waals surface area contributed by atoms with E-state index in [1.165, 1.54) is 5.56 Å². The molecule has 1 aromatic carbocycles. The third-order valence-electron chi connectivity index (χ3n) is 2.14. The number of thiophene rings is 1. The number of aryl methyl sites for hydroxylation is 1. The number of benzene rings is 1. The van der Waals surface area contributed by atoms with Crippen LogP contribution in [-0.4, -0.2) is 0 Å². The van der Waals surface area contributed by atoms with Crippen molar-refractivity contribution in [2.45, 2.75) is 13.5 Å². The Morgan fingerprint density at radius 3 is 2.87 bits per heavy atom. The number of rotatable bonds is 3. The quantitative estimate of drug-likeness (QED) is 0.804. The number of nitrogen functional groups attached to an aromatic ring is 1. The number of nitrogens with two attached hydrogens (primary N) is 1. The van der Waals surface area contributed by atoms with E-state index in [9.17, 15) is 0 Å². The molecule has 0 spiro atoms. The molecule has 2 N–H and O–H groups in total. The minimum Gasteiger partial charge on any atom is -0.487 e. The van der Waals surface area contributed by atoms with Crippen molar-refractivity contribution < 1.29 is 4.74 Å². The maximum Gasteiger partial charge on any atom is 0.142 e. The molecule has 1 aromatic heterocycles. The Morgan fingerprint density at radius 1 is 1.33 bits per heavy atom. The van der Waals surface area contributed by atoms with Crippen molar-refractivity contribution in [1.29, 1.82) is 0 Å². The molecular formula is C12H13NOS. The Balaban J connectivity index is 2.05. The molecule has 78 valence electrons. The first-order chi connectivity index (χ1) is 7.25. The van der Waals surface area contributed by atoms with E-state index in [1.54, 1.807) is 11.3 Å². The van der Waals surface area contributed by atoms with Crippen LogP contribution in [0.15, 0.2) is 35.0 Å². The smallest absolute Gasteiger partial charge is 0.142 e. The summed E-state index contributed by atoms with van der Waals surface area (Å²) in [6, 6.07) is 7.88. The van der Waals surface area contributed by atoms with Gasteiger partial charge in [-0.2, -0.15) is 11.3 Å².